The molecule has 0 spiro atoms. The zero-order chi connectivity index (χ0) is 15.4. The fourth-order valence-electron chi connectivity index (χ4n) is 2.56. The first-order valence-corrected chi connectivity index (χ1v) is 7.52. The van der Waals surface area contributed by atoms with Crippen LogP contribution < -0.4 is 16.4 Å². The maximum absolute atomic E-state index is 12.3. The molecule has 1 aliphatic rings. The highest BCUT2D eigenvalue weighted by molar-refractivity contribution is 6.34. The third kappa shape index (κ3) is 3.95. The summed E-state index contributed by atoms with van der Waals surface area (Å²) in [6, 6.07) is 4.37. The Bertz CT molecular complexity index is 548. The highest BCUT2D eigenvalue weighted by Gasteiger charge is 2.26. The predicted molar refractivity (Wildman–Crippen MR) is 83.4 cm³/mol. The average Bonchev–Trinajstić information content (AvgIpc) is 2.49. The van der Waals surface area contributed by atoms with Crippen LogP contribution in [0.4, 0.5) is 5.69 Å². The predicted octanol–water partition coefficient (Wildman–Crippen LogP) is 2.16. The van der Waals surface area contributed by atoms with E-state index in [-0.39, 0.29) is 11.9 Å². The molecule has 2 unspecified atom stereocenters. The second-order valence-electron chi connectivity index (χ2n) is 5.35. The SMILES string of the molecule is CCC1CCNC(C(=O)Nc2cc(C(N)=O)ccc2Cl)C1. The molecule has 2 amide bonds. The fraction of sp³-hybridized carbons (Fsp3) is 0.467. The van der Waals surface area contributed by atoms with Gasteiger partial charge in [0, 0.05) is 5.56 Å². The Hall–Kier alpha value is -1.59. The van der Waals surface area contributed by atoms with Crippen LogP contribution in [0.2, 0.25) is 5.02 Å². The number of anilines is 1. The molecule has 0 aliphatic carbocycles. The first-order chi connectivity index (χ1) is 10.0. The number of piperidine rings is 1. The van der Waals surface area contributed by atoms with Crippen molar-refractivity contribution < 1.29 is 9.59 Å². The van der Waals surface area contributed by atoms with E-state index in [9.17, 15) is 9.59 Å². The minimum atomic E-state index is -0.552. The number of halogens is 1. The quantitative estimate of drug-likeness (QED) is 0.797. The van der Waals surface area contributed by atoms with Gasteiger partial charge in [0.05, 0.1) is 16.8 Å². The number of nitrogens with two attached hydrogens (primary N) is 1. The van der Waals surface area contributed by atoms with E-state index in [1.807, 2.05) is 0 Å². The molecule has 1 aliphatic heterocycles. The number of nitrogens with one attached hydrogen (secondary N) is 2. The number of hydrogen-bond donors (Lipinski definition) is 3. The van der Waals surface area contributed by atoms with Gasteiger partial charge < -0.3 is 16.4 Å². The van der Waals surface area contributed by atoms with Crippen LogP contribution >= 0.6 is 11.6 Å². The van der Waals surface area contributed by atoms with Crippen LogP contribution in [0.15, 0.2) is 18.2 Å². The molecule has 0 radical (unpaired) electrons. The first kappa shape index (κ1) is 15.8. The standard InChI is InChI=1S/C15H20ClN3O2/c1-2-9-5-6-18-13(7-9)15(21)19-12-8-10(14(17)20)3-4-11(12)16/h3-4,8-9,13,18H,2,5-7H2,1H3,(H2,17,20)(H,19,21). The van der Waals surface area contributed by atoms with E-state index in [0.29, 0.717) is 22.2 Å². The van der Waals surface area contributed by atoms with E-state index in [1.165, 1.54) is 12.1 Å². The van der Waals surface area contributed by atoms with Gasteiger partial charge in [-0.1, -0.05) is 24.9 Å². The molecule has 0 aromatic heterocycles. The van der Waals surface area contributed by atoms with Gasteiger partial charge in [-0.05, 0) is 43.5 Å². The van der Waals surface area contributed by atoms with E-state index in [1.54, 1.807) is 6.07 Å². The Morgan fingerprint density at radius 2 is 2.24 bits per heavy atom. The van der Waals surface area contributed by atoms with Crippen LogP contribution in [0.5, 0.6) is 0 Å². The molecule has 2 atom stereocenters. The summed E-state index contributed by atoms with van der Waals surface area (Å²) in [5.74, 6) is -0.116. The van der Waals surface area contributed by atoms with Gasteiger partial charge in [0.1, 0.15) is 0 Å². The van der Waals surface area contributed by atoms with Crippen LogP contribution in [0.1, 0.15) is 36.5 Å². The van der Waals surface area contributed by atoms with Crippen molar-refractivity contribution in [1.29, 1.82) is 0 Å². The molecule has 4 N–H and O–H groups in total. The minimum absolute atomic E-state index is 0.128. The molecule has 1 aromatic rings. The minimum Gasteiger partial charge on any atom is -0.366 e. The summed E-state index contributed by atoms with van der Waals surface area (Å²) in [4.78, 5) is 23.5. The van der Waals surface area contributed by atoms with Crippen molar-refractivity contribution in [3.8, 4) is 0 Å². The lowest BCUT2D eigenvalue weighted by atomic mass is 9.90. The fourth-order valence-corrected chi connectivity index (χ4v) is 2.73. The second-order valence-corrected chi connectivity index (χ2v) is 5.76. The first-order valence-electron chi connectivity index (χ1n) is 7.14. The number of benzene rings is 1. The Morgan fingerprint density at radius 1 is 1.48 bits per heavy atom. The van der Waals surface area contributed by atoms with Gasteiger partial charge >= 0.3 is 0 Å². The maximum atomic E-state index is 12.3. The Morgan fingerprint density at radius 3 is 2.90 bits per heavy atom. The van der Waals surface area contributed by atoms with Crippen molar-refractivity contribution >= 4 is 29.1 Å². The summed E-state index contributed by atoms with van der Waals surface area (Å²) in [5.41, 5.74) is 5.97. The molecule has 0 bridgehead atoms. The third-order valence-corrected chi connectivity index (χ3v) is 4.24. The third-order valence-electron chi connectivity index (χ3n) is 3.91. The summed E-state index contributed by atoms with van der Waals surface area (Å²) >= 11 is 6.05. The van der Waals surface area contributed by atoms with E-state index in [2.05, 4.69) is 17.6 Å². The van der Waals surface area contributed by atoms with Crippen LogP contribution in [0.25, 0.3) is 0 Å². The number of rotatable bonds is 4. The highest BCUT2D eigenvalue weighted by Crippen LogP contribution is 2.25. The zero-order valence-electron chi connectivity index (χ0n) is 12.0. The lowest BCUT2D eigenvalue weighted by Gasteiger charge is -2.29. The van der Waals surface area contributed by atoms with Crippen LogP contribution in [0.3, 0.4) is 0 Å². The molecule has 0 saturated carbocycles. The molecule has 114 valence electrons. The van der Waals surface area contributed by atoms with Gasteiger partial charge in [-0.25, -0.2) is 0 Å². The number of carbonyl (C=O) groups excluding carboxylic acids is 2. The molecule has 5 nitrogen and oxygen atoms in total. The summed E-state index contributed by atoms with van der Waals surface area (Å²) in [5, 5.41) is 6.38. The van der Waals surface area contributed by atoms with Crippen LogP contribution in [0, 0.1) is 5.92 Å². The Labute approximate surface area is 129 Å². The Kier molecular flexibility index (Phi) is 5.20. The summed E-state index contributed by atoms with van der Waals surface area (Å²) in [6.07, 6.45) is 2.98. The van der Waals surface area contributed by atoms with Gasteiger partial charge in [-0.3, -0.25) is 9.59 Å². The Balaban J connectivity index is 2.08. The molecule has 6 heteroatoms. The van der Waals surface area contributed by atoms with Crippen molar-refractivity contribution in [2.75, 3.05) is 11.9 Å². The molecular formula is C15H20ClN3O2. The monoisotopic (exact) mass is 309 g/mol. The van der Waals surface area contributed by atoms with Crippen LogP contribution in [-0.2, 0) is 4.79 Å². The second kappa shape index (κ2) is 6.91. The average molecular weight is 310 g/mol. The lowest BCUT2D eigenvalue weighted by Crippen LogP contribution is -2.46. The number of carbonyl (C=O) groups is 2. The highest BCUT2D eigenvalue weighted by atomic mass is 35.5. The zero-order valence-corrected chi connectivity index (χ0v) is 12.7. The molecule has 1 saturated heterocycles. The molecule has 2 rings (SSSR count). The van der Waals surface area contributed by atoms with Crippen molar-refractivity contribution in [2.45, 2.75) is 32.2 Å². The van der Waals surface area contributed by atoms with Gasteiger partial charge in [0.25, 0.3) is 0 Å². The smallest absolute Gasteiger partial charge is 0.248 e. The van der Waals surface area contributed by atoms with Gasteiger partial charge in [0.2, 0.25) is 11.8 Å². The number of amides is 2. The normalized spacial score (nSPS) is 21.8. The van der Waals surface area contributed by atoms with E-state index in [4.69, 9.17) is 17.3 Å². The molecule has 1 heterocycles. The number of primary amides is 1. The largest absolute Gasteiger partial charge is 0.366 e. The van der Waals surface area contributed by atoms with Crippen molar-refractivity contribution in [1.82, 2.24) is 5.32 Å². The van der Waals surface area contributed by atoms with Gasteiger partial charge in [-0.2, -0.15) is 0 Å². The molecule has 1 aromatic carbocycles. The molecule has 21 heavy (non-hydrogen) atoms. The van der Waals surface area contributed by atoms with Gasteiger partial charge in [-0.15, -0.1) is 0 Å². The maximum Gasteiger partial charge on any atom is 0.248 e. The van der Waals surface area contributed by atoms with Crippen LogP contribution in [-0.4, -0.2) is 24.4 Å². The van der Waals surface area contributed by atoms with E-state index in [0.717, 1.165) is 25.8 Å². The van der Waals surface area contributed by atoms with E-state index < -0.39 is 5.91 Å². The van der Waals surface area contributed by atoms with Crippen molar-refractivity contribution in [2.24, 2.45) is 11.7 Å². The topological polar surface area (TPSA) is 84.2 Å². The number of hydrogen-bond acceptors (Lipinski definition) is 3. The van der Waals surface area contributed by atoms with E-state index >= 15 is 0 Å². The molecule has 1 fully saturated rings. The summed E-state index contributed by atoms with van der Waals surface area (Å²) < 4.78 is 0. The molecular weight excluding hydrogens is 290 g/mol. The summed E-state index contributed by atoms with van der Waals surface area (Å²) in [6.45, 7) is 2.98. The van der Waals surface area contributed by atoms with Crippen molar-refractivity contribution in [3.05, 3.63) is 28.8 Å². The van der Waals surface area contributed by atoms with Gasteiger partial charge in [0.15, 0.2) is 0 Å². The lowest BCUT2D eigenvalue weighted by molar-refractivity contribution is -0.119. The van der Waals surface area contributed by atoms with Crippen molar-refractivity contribution in [3.63, 3.8) is 0 Å². The summed E-state index contributed by atoms with van der Waals surface area (Å²) in [7, 11) is 0.